The van der Waals surface area contributed by atoms with E-state index in [0.29, 0.717) is 24.2 Å². The van der Waals surface area contributed by atoms with Gasteiger partial charge in [-0.2, -0.15) is 0 Å². The van der Waals surface area contributed by atoms with Crippen molar-refractivity contribution in [2.75, 3.05) is 19.8 Å². The minimum Gasteiger partial charge on any atom is -0.378 e. The molecule has 0 saturated carbocycles. The zero-order valence-electron chi connectivity index (χ0n) is 9.87. The van der Waals surface area contributed by atoms with E-state index in [1.165, 1.54) is 6.42 Å². The number of hydrogen-bond donors (Lipinski definition) is 1. The van der Waals surface area contributed by atoms with Crippen LogP contribution in [0.2, 0.25) is 0 Å². The number of nitrogens with one attached hydrogen (secondary N) is 1. The molecule has 0 aromatic carbocycles. The molecule has 4 atom stereocenters. The van der Waals surface area contributed by atoms with Gasteiger partial charge in [-0.15, -0.1) is 0 Å². The van der Waals surface area contributed by atoms with Gasteiger partial charge >= 0.3 is 0 Å². The van der Waals surface area contributed by atoms with Crippen LogP contribution in [-0.4, -0.2) is 38.0 Å². The molecule has 0 radical (unpaired) electrons. The van der Waals surface area contributed by atoms with E-state index in [-0.39, 0.29) is 0 Å². The van der Waals surface area contributed by atoms with Gasteiger partial charge in [-0.1, -0.05) is 6.92 Å². The first-order chi connectivity index (χ1) is 7.31. The largest absolute Gasteiger partial charge is 0.378 e. The number of rotatable bonds is 4. The van der Waals surface area contributed by atoms with Gasteiger partial charge in [0.25, 0.3) is 0 Å². The Hall–Kier alpha value is -0.120. The van der Waals surface area contributed by atoms with Crippen LogP contribution in [-0.2, 0) is 9.47 Å². The highest BCUT2D eigenvalue weighted by Gasteiger charge is 2.29. The second-order valence-corrected chi connectivity index (χ2v) is 4.75. The maximum atomic E-state index is 5.69. The van der Waals surface area contributed by atoms with E-state index in [1.54, 1.807) is 0 Å². The molecule has 1 N–H and O–H groups in total. The number of hydrogen-bond acceptors (Lipinski definition) is 3. The summed E-state index contributed by atoms with van der Waals surface area (Å²) >= 11 is 0. The minimum atomic E-state index is 0.382. The van der Waals surface area contributed by atoms with Gasteiger partial charge in [0, 0.05) is 25.8 Å². The summed E-state index contributed by atoms with van der Waals surface area (Å²) < 4.78 is 11.2. The van der Waals surface area contributed by atoms with Crippen molar-refractivity contribution in [1.82, 2.24) is 5.32 Å². The lowest BCUT2D eigenvalue weighted by Gasteiger charge is -2.21. The van der Waals surface area contributed by atoms with Crippen LogP contribution < -0.4 is 5.32 Å². The second kappa shape index (κ2) is 5.28. The van der Waals surface area contributed by atoms with Crippen molar-refractivity contribution in [3.63, 3.8) is 0 Å². The lowest BCUT2D eigenvalue weighted by atomic mass is 9.99. The van der Waals surface area contributed by atoms with Gasteiger partial charge in [0.1, 0.15) is 0 Å². The molecular weight excluding hydrogens is 190 g/mol. The second-order valence-electron chi connectivity index (χ2n) is 4.75. The third-order valence-electron chi connectivity index (χ3n) is 3.77. The minimum absolute atomic E-state index is 0.382. The first-order valence-corrected chi connectivity index (χ1v) is 6.28. The van der Waals surface area contributed by atoms with E-state index in [9.17, 15) is 0 Å². The third-order valence-corrected chi connectivity index (χ3v) is 3.77. The molecule has 88 valence electrons. The first-order valence-electron chi connectivity index (χ1n) is 6.28. The van der Waals surface area contributed by atoms with Gasteiger partial charge in [-0.3, -0.25) is 0 Å². The molecule has 2 saturated heterocycles. The van der Waals surface area contributed by atoms with Gasteiger partial charge < -0.3 is 14.8 Å². The normalized spacial score (nSPS) is 41.2. The Bertz CT molecular complexity index is 198. The van der Waals surface area contributed by atoms with Crippen LogP contribution >= 0.6 is 0 Å². The van der Waals surface area contributed by atoms with E-state index in [4.69, 9.17) is 9.47 Å². The Morgan fingerprint density at radius 2 is 2.00 bits per heavy atom. The molecule has 0 aromatic heterocycles. The van der Waals surface area contributed by atoms with Crippen LogP contribution in [0.15, 0.2) is 0 Å². The monoisotopic (exact) mass is 213 g/mol. The van der Waals surface area contributed by atoms with Crippen molar-refractivity contribution in [2.24, 2.45) is 5.92 Å². The van der Waals surface area contributed by atoms with Crippen molar-refractivity contribution in [3.8, 4) is 0 Å². The molecule has 2 fully saturated rings. The Morgan fingerprint density at radius 1 is 1.20 bits per heavy atom. The van der Waals surface area contributed by atoms with Gasteiger partial charge in [0.2, 0.25) is 0 Å². The molecule has 15 heavy (non-hydrogen) atoms. The van der Waals surface area contributed by atoms with Crippen LogP contribution in [0.1, 0.15) is 33.1 Å². The molecule has 3 nitrogen and oxygen atoms in total. The van der Waals surface area contributed by atoms with Gasteiger partial charge in [-0.05, 0) is 32.1 Å². The maximum absolute atomic E-state index is 5.69. The average molecular weight is 213 g/mol. The van der Waals surface area contributed by atoms with Gasteiger partial charge in [0.15, 0.2) is 0 Å². The lowest BCUT2D eigenvalue weighted by molar-refractivity contribution is 0.0835. The van der Waals surface area contributed by atoms with Gasteiger partial charge in [-0.25, -0.2) is 0 Å². The van der Waals surface area contributed by atoms with E-state index < -0.39 is 0 Å². The van der Waals surface area contributed by atoms with Crippen LogP contribution in [0.25, 0.3) is 0 Å². The van der Waals surface area contributed by atoms with Crippen molar-refractivity contribution in [3.05, 3.63) is 0 Å². The number of ether oxygens (including phenoxy) is 2. The molecule has 3 heteroatoms. The fraction of sp³-hybridized carbons (Fsp3) is 1.00. The Kier molecular flexibility index (Phi) is 4.00. The summed E-state index contributed by atoms with van der Waals surface area (Å²) in [6.07, 6.45) is 4.38. The van der Waals surface area contributed by atoms with E-state index in [1.807, 2.05) is 0 Å². The highest BCUT2D eigenvalue weighted by atomic mass is 16.5. The van der Waals surface area contributed by atoms with Gasteiger partial charge in [0.05, 0.1) is 12.2 Å². The fourth-order valence-corrected chi connectivity index (χ4v) is 2.68. The van der Waals surface area contributed by atoms with Crippen molar-refractivity contribution in [1.29, 1.82) is 0 Å². The van der Waals surface area contributed by atoms with Crippen molar-refractivity contribution >= 4 is 0 Å². The molecule has 0 aromatic rings. The van der Waals surface area contributed by atoms with E-state index in [0.717, 1.165) is 32.6 Å². The molecule has 2 aliphatic heterocycles. The van der Waals surface area contributed by atoms with Crippen LogP contribution in [0.4, 0.5) is 0 Å². The molecule has 4 unspecified atom stereocenters. The predicted molar refractivity (Wildman–Crippen MR) is 60.0 cm³/mol. The standard InChI is InChI=1S/C12H23NO2/c1-3-12-10(4-6-15-12)8-13-11-5-7-14-9(11)2/h9-13H,3-8H2,1-2H3. The van der Waals surface area contributed by atoms with Crippen LogP contribution in [0, 0.1) is 5.92 Å². The van der Waals surface area contributed by atoms with Crippen molar-refractivity contribution in [2.45, 2.75) is 51.4 Å². The predicted octanol–water partition coefficient (Wildman–Crippen LogP) is 1.57. The maximum Gasteiger partial charge on any atom is 0.0700 e. The summed E-state index contributed by atoms with van der Waals surface area (Å²) in [6, 6.07) is 0.558. The molecular formula is C12H23NO2. The molecule has 2 rings (SSSR count). The van der Waals surface area contributed by atoms with Crippen molar-refractivity contribution < 1.29 is 9.47 Å². The summed E-state index contributed by atoms with van der Waals surface area (Å²) in [4.78, 5) is 0. The summed E-state index contributed by atoms with van der Waals surface area (Å²) in [5.41, 5.74) is 0. The molecule has 2 aliphatic rings. The molecule has 0 aliphatic carbocycles. The zero-order valence-corrected chi connectivity index (χ0v) is 9.87. The first kappa shape index (κ1) is 11.4. The highest BCUT2D eigenvalue weighted by Crippen LogP contribution is 2.23. The zero-order chi connectivity index (χ0) is 10.7. The van der Waals surface area contributed by atoms with E-state index >= 15 is 0 Å². The van der Waals surface area contributed by atoms with E-state index in [2.05, 4.69) is 19.2 Å². The van der Waals surface area contributed by atoms with Crippen LogP contribution in [0.3, 0.4) is 0 Å². The molecule has 0 spiro atoms. The smallest absolute Gasteiger partial charge is 0.0700 e. The highest BCUT2D eigenvalue weighted by molar-refractivity contribution is 4.83. The summed E-state index contributed by atoms with van der Waals surface area (Å²) in [5, 5.41) is 3.63. The Labute approximate surface area is 92.5 Å². The topological polar surface area (TPSA) is 30.5 Å². The van der Waals surface area contributed by atoms with Crippen LogP contribution in [0.5, 0.6) is 0 Å². The SMILES string of the molecule is CCC1OCCC1CNC1CCOC1C. The Balaban J connectivity index is 1.72. The third kappa shape index (κ3) is 2.71. The summed E-state index contributed by atoms with van der Waals surface area (Å²) in [7, 11) is 0. The summed E-state index contributed by atoms with van der Waals surface area (Å²) in [5.74, 6) is 0.711. The molecule has 2 heterocycles. The summed E-state index contributed by atoms with van der Waals surface area (Å²) in [6.45, 7) is 7.33. The molecule has 0 bridgehead atoms. The Morgan fingerprint density at radius 3 is 2.67 bits per heavy atom. The fourth-order valence-electron chi connectivity index (χ4n) is 2.68. The lowest BCUT2D eigenvalue weighted by Crippen LogP contribution is -2.39. The average Bonchev–Trinajstić information content (AvgIpc) is 2.83. The molecule has 0 amide bonds. The quantitative estimate of drug-likeness (QED) is 0.769.